The van der Waals surface area contributed by atoms with E-state index < -0.39 is 0 Å². The van der Waals surface area contributed by atoms with Crippen molar-refractivity contribution in [1.82, 2.24) is 10.3 Å². The zero-order valence-corrected chi connectivity index (χ0v) is 12.3. The van der Waals surface area contributed by atoms with Crippen LogP contribution in [0.2, 0.25) is 0 Å². The van der Waals surface area contributed by atoms with Crippen LogP contribution in [0.1, 0.15) is 56.5 Å². The predicted molar refractivity (Wildman–Crippen MR) is 77.9 cm³/mol. The molecular formula is C14H23N3OS. The van der Waals surface area contributed by atoms with Gasteiger partial charge in [0.25, 0.3) is 0 Å². The second-order valence-corrected chi connectivity index (χ2v) is 6.53. The number of nitrogens with two attached hydrogens (primary N) is 1. The molecule has 1 heterocycles. The van der Waals surface area contributed by atoms with E-state index in [9.17, 15) is 4.79 Å². The average Bonchev–Trinajstić information content (AvgIpc) is 2.93. The molecule has 4 nitrogen and oxygen atoms in total. The van der Waals surface area contributed by atoms with Gasteiger partial charge >= 0.3 is 0 Å². The molecule has 2 rings (SSSR count). The third-order valence-electron chi connectivity index (χ3n) is 4.08. The van der Waals surface area contributed by atoms with Gasteiger partial charge in [-0.25, -0.2) is 4.98 Å². The normalized spacial score (nSPS) is 19.9. The Labute approximate surface area is 118 Å². The molecule has 1 fully saturated rings. The van der Waals surface area contributed by atoms with E-state index >= 15 is 0 Å². The summed E-state index contributed by atoms with van der Waals surface area (Å²) in [6, 6.07) is -0.00841. The van der Waals surface area contributed by atoms with Crippen LogP contribution < -0.4 is 11.1 Å². The lowest BCUT2D eigenvalue weighted by Gasteiger charge is -2.35. The summed E-state index contributed by atoms with van der Waals surface area (Å²) in [6.45, 7) is 2.60. The van der Waals surface area contributed by atoms with Crippen LogP contribution in [0.5, 0.6) is 0 Å². The lowest BCUT2D eigenvalue weighted by Crippen LogP contribution is -2.39. The van der Waals surface area contributed by atoms with E-state index in [1.165, 1.54) is 19.3 Å². The quantitative estimate of drug-likeness (QED) is 0.871. The van der Waals surface area contributed by atoms with Gasteiger partial charge in [0.2, 0.25) is 5.91 Å². The van der Waals surface area contributed by atoms with Gasteiger partial charge in [-0.1, -0.05) is 19.3 Å². The van der Waals surface area contributed by atoms with E-state index in [2.05, 4.69) is 10.3 Å². The first-order valence-electron chi connectivity index (χ1n) is 7.04. The minimum absolute atomic E-state index is 0.00841. The van der Waals surface area contributed by atoms with Crippen molar-refractivity contribution in [3.05, 3.63) is 16.6 Å². The van der Waals surface area contributed by atoms with Crippen LogP contribution in [0.15, 0.2) is 11.6 Å². The third kappa shape index (κ3) is 3.76. The van der Waals surface area contributed by atoms with E-state index in [1.807, 2.05) is 12.3 Å². The van der Waals surface area contributed by atoms with E-state index in [0.29, 0.717) is 13.0 Å². The molecule has 1 aliphatic rings. The summed E-state index contributed by atoms with van der Waals surface area (Å²) in [6.07, 6.45) is 8.17. The Morgan fingerprint density at radius 2 is 2.26 bits per heavy atom. The maximum atomic E-state index is 12.2. The number of aromatic nitrogens is 1. The lowest BCUT2D eigenvalue weighted by atomic mass is 9.71. The number of amides is 1. The van der Waals surface area contributed by atoms with Gasteiger partial charge in [-0.05, 0) is 31.7 Å². The van der Waals surface area contributed by atoms with Crippen LogP contribution in [0, 0.1) is 5.41 Å². The fourth-order valence-corrected chi connectivity index (χ4v) is 3.54. The Hall–Kier alpha value is -0.940. The first-order chi connectivity index (χ1) is 9.15. The monoisotopic (exact) mass is 281 g/mol. The maximum absolute atomic E-state index is 12.2. The van der Waals surface area contributed by atoms with Crippen LogP contribution in [-0.2, 0) is 4.79 Å². The second-order valence-electron chi connectivity index (χ2n) is 5.60. The van der Waals surface area contributed by atoms with Crippen molar-refractivity contribution >= 4 is 17.2 Å². The van der Waals surface area contributed by atoms with Crippen molar-refractivity contribution in [2.45, 2.75) is 51.5 Å². The standard InChI is InChI=1S/C14H23N3OS/c1-11(13-16-7-8-19-13)17-12(18)9-14(10-15)5-3-2-4-6-14/h7-8,11H,2-6,9-10,15H2,1H3,(H,17,18). The molecule has 0 aromatic carbocycles. The summed E-state index contributed by atoms with van der Waals surface area (Å²) in [5.74, 6) is 0.107. The van der Waals surface area contributed by atoms with Gasteiger partial charge in [0.05, 0.1) is 6.04 Å². The van der Waals surface area contributed by atoms with Gasteiger partial charge in [0.15, 0.2) is 0 Å². The summed E-state index contributed by atoms with van der Waals surface area (Å²) in [7, 11) is 0. The fourth-order valence-electron chi connectivity index (χ4n) is 2.90. The number of nitrogens with one attached hydrogen (secondary N) is 1. The molecule has 0 bridgehead atoms. The average molecular weight is 281 g/mol. The molecule has 5 heteroatoms. The molecule has 19 heavy (non-hydrogen) atoms. The zero-order valence-electron chi connectivity index (χ0n) is 11.5. The van der Waals surface area contributed by atoms with Crippen LogP contribution in [0.4, 0.5) is 0 Å². The van der Waals surface area contributed by atoms with E-state index in [4.69, 9.17) is 5.73 Å². The molecule has 1 aromatic rings. The predicted octanol–water partition coefficient (Wildman–Crippen LogP) is 2.62. The molecule has 3 N–H and O–H groups in total. The van der Waals surface area contributed by atoms with Crippen molar-refractivity contribution in [2.75, 3.05) is 6.54 Å². The summed E-state index contributed by atoms with van der Waals surface area (Å²) < 4.78 is 0. The van der Waals surface area contributed by atoms with Crippen LogP contribution in [0.3, 0.4) is 0 Å². The fraction of sp³-hybridized carbons (Fsp3) is 0.714. The van der Waals surface area contributed by atoms with Gasteiger partial charge < -0.3 is 11.1 Å². The molecule has 106 valence electrons. The largest absolute Gasteiger partial charge is 0.347 e. The highest BCUT2D eigenvalue weighted by atomic mass is 32.1. The summed E-state index contributed by atoms with van der Waals surface area (Å²) in [4.78, 5) is 16.4. The Morgan fingerprint density at radius 3 is 2.84 bits per heavy atom. The maximum Gasteiger partial charge on any atom is 0.221 e. The topological polar surface area (TPSA) is 68.0 Å². The Morgan fingerprint density at radius 1 is 1.53 bits per heavy atom. The number of nitrogens with zero attached hydrogens (tertiary/aromatic N) is 1. The van der Waals surface area contributed by atoms with Crippen molar-refractivity contribution in [2.24, 2.45) is 11.1 Å². The molecule has 1 atom stereocenters. The number of thiazole rings is 1. The highest BCUT2D eigenvalue weighted by Gasteiger charge is 2.33. The van der Waals surface area contributed by atoms with Gasteiger partial charge in [-0.3, -0.25) is 4.79 Å². The van der Waals surface area contributed by atoms with Crippen LogP contribution in [0.25, 0.3) is 0 Å². The number of hydrogen-bond acceptors (Lipinski definition) is 4. The molecule has 1 saturated carbocycles. The highest BCUT2D eigenvalue weighted by Crippen LogP contribution is 2.38. The van der Waals surface area contributed by atoms with Crippen LogP contribution in [-0.4, -0.2) is 17.4 Å². The first-order valence-corrected chi connectivity index (χ1v) is 7.92. The van der Waals surface area contributed by atoms with Crippen molar-refractivity contribution < 1.29 is 4.79 Å². The molecule has 0 saturated heterocycles. The number of carbonyl (C=O) groups is 1. The minimum Gasteiger partial charge on any atom is -0.347 e. The summed E-state index contributed by atoms with van der Waals surface area (Å²) in [5.41, 5.74) is 5.95. The Balaban J connectivity index is 1.89. The van der Waals surface area contributed by atoms with Gasteiger partial charge in [0, 0.05) is 18.0 Å². The van der Waals surface area contributed by atoms with Gasteiger partial charge in [-0.2, -0.15) is 0 Å². The molecule has 1 amide bonds. The van der Waals surface area contributed by atoms with Crippen molar-refractivity contribution in [1.29, 1.82) is 0 Å². The molecule has 1 unspecified atom stereocenters. The van der Waals surface area contributed by atoms with Gasteiger partial charge in [0.1, 0.15) is 5.01 Å². The summed E-state index contributed by atoms with van der Waals surface area (Å²) >= 11 is 1.57. The van der Waals surface area contributed by atoms with Crippen molar-refractivity contribution in [3.63, 3.8) is 0 Å². The number of hydrogen-bond donors (Lipinski definition) is 2. The molecule has 0 spiro atoms. The Kier molecular flexibility index (Phi) is 4.93. The van der Waals surface area contributed by atoms with Crippen molar-refractivity contribution in [3.8, 4) is 0 Å². The molecule has 1 aromatic heterocycles. The van der Waals surface area contributed by atoms with Gasteiger partial charge in [-0.15, -0.1) is 11.3 Å². The molecule has 0 radical (unpaired) electrons. The number of carbonyl (C=O) groups excluding carboxylic acids is 1. The molecular weight excluding hydrogens is 258 g/mol. The SMILES string of the molecule is CC(NC(=O)CC1(CN)CCCCC1)c1nccs1. The molecule has 0 aliphatic heterocycles. The highest BCUT2D eigenvalue weighted by molar-refractivity contribution is 7.09. The smallest absolute Gasteiger partial charge is 0.221 e. The summed E-state index contributed by atoms with van der Waals surface area (Å²) in [5, 5.41) is 5.93. The number of rotatable bonds is 5. The van der Waals surface area contributed by atoms with Crippen LogP contribution >= 0.6 is 11.3 Å². The van der Waals surface area contributed by atoms with E-state index in [1.54, 1.807) is 17.5 Å². The third-order valence-corrected chi connectivity index (χ3v) is 5.04. The zero-order chi connectivity index (χ0) is 13.7. The van der Waals surface area contributed by atoms with E-state index in [0.717, 1.165) is 17.8 Å². The first kappa shape index (κ1) is 14.5. The minimum atomic E-state index is -0.00841. The Bertz CT molecular complexity index is 399. The lowest BCUT2D eigenvalue weighted by molar-refractivity contribution is -0.124. The molecule has 1 aliphatic carbocycles. The second kappa shape index (κ2) is 6.48. The van der Waals surface area contributed by atoms with E-state index in [-0.39, 0.29) is 17.4 Å².